The Morgan fingerprint density at radius 2 is 1.59 bits per heavy atom. The first-order chi connectivity index (χ1) is 10.7. The monoisotopic (exact) mass is 357 g/mol. The molecule has 2 aromatic carbocycles. The lowest BCUT2D eigenvalue weighted by molar-refractivity contribution is 0.103. The fourth-order valence-electron chi connectivity index (χ4n) is 2.33. The van der Waals surface area contributed by atoms with Crippen molar-refractivity contribution in [2.75, 3.05) is 0 Å². The third-order valence-electron chi connectivity index (χ3n) is 3.43. The van der Waals surface area contributed by atoms with Crippen molar-refractivity contribution in [2.24, 2.45) is 0 Å². The van der Waals surface area contributed by atoms with Crippen LogP contribution in [-0.4, -0.2) is 10.4 Å². The zero-order valence-electron chi connectivity index (χ0n) is 11.7. The molecule has 0 bridgehead atoms. The summed E-state index contributed by atoms with van der Waals surface area (Å²) in [5, 5.41) is 0. The lowest BCUT2D eigenvalue weighted by Gasteiger charge is -2.05. The summed E-state index contributed by atoms with van der Waals surface area (Å²) in [6, 6.07) is 18.3. The number of hydrogen-bond acceptors (Lipinski definition) is 1. The van der Waals surface area contributed by atoms with E-state index in [1.807, 2.05) is 36.4 Å². The topological polar surface area (TPSA) is 22.0 Å². The lowest BCUT2D eigenvalue weighted by atomic mass is 10.1. The third-order valence-corrected chi connectivity index (χ3v) is 4.03. The van der Waals surface area contributed by atoms with Gasteiger partial charge in [-0.3, -0.25) is 4.79 Å². The van der Waals surface area contributed by atoms with Crippen LogP contribution in [0.1, 0.15) is 21.5 Å². The third kappa shape index (κ3) is 2.88. The van der Waals surface area contributed by atoms with Crippen LogP contribution in [0.5, 0.6) is 0 Å². The molecular formula is C18H13BrFNO. The van der Waals surface area contributed by atoms with Crippen molar-refractivity contribution in [3.8, 4) is 0 Å². The van der Waals surface area contributed by atoms with Gasteiger partial charge in [0, 0.05) is 22.8 Å². The van der Waals surface area contributed by atoms with E-state index in [4.69, 9.17) is 0 Å². The number of halogens is 2. The number of ketones is 1. The zero-order valence-corrected chi connectivity index (χ0v) is 13.3. The Morgan fingerprint density at radius 1 is 1.00 bits per heavy atom. The molecule has 3 rings (SSSR count). The Balaban J connectivity index is 1.95. The quantitative estimate of drug-likeness (QED) is 0.622. The zero-order chi connectivity index (χ0) is 15.5. The first kappa shape index (κ1) is 14.7. The fraction of sp³-hybridized carbons (Fsp3) is 0.0556. The summed E-state index contributed by atoms with van der Waals surface area (Å²) < 4.78 is 16.5. The van der Waals surface area contributed by atoms with Gasteiger partial charge in [0.1, 0.15) is 0 Å². The Morgan fingerprint density at radius 3 is 2.23 bits per heavy atom. The van der Waals surface area contributed by atoms with Crippen LogP contribution in [0, 0.1) is 5.95 Å². The van der Waals surface area contributed by atoms with Crippen LogP contribution >= 0.6 is 15.9 Å². The summed E-state index contributed by atoms with van der Waals surface area (Å²) in [5.41, 5.74) is 1.52. The molecule has 0 amide bonds. The molecule has 1 aromatic heterocycles. The molecular weight excluding hydrogens is 345 g/mol. The fourth-order valence-corrected chi connectivity index (χ4v) is 2.92. The number of benzene rings is 2. The average Bonchev–Trinajstić information content (AvgIpc) is 2.82. The Hall–Kier alpha value is -2.20. The van der Waals surface area contributed by atoms with Gasteiger partial charge in [-0.05, 0) is 21.5 Å². The molecule has 1 heterocycles. The summed E-state index contributed by atoms with van der Waals surface area (Å²) in [5.74, 6) is -0.846. The van der Waals surface area contributed by atoms with Gasteiger partial charge in [-0.25, -0.2) is 0 Å². The highest BCUT2D eigenvalue weighted by molar-refractivity contribution is 9.10. The van der Waals surface area contributed by atoms with Gasteiger partial charge in [-0.1, -0.05) is 60.7 Å². The largest absolute Gasteiger partial charge is 0.319 e. The van der Waals surface area contributed by atoms with E-state index >= 15 is 0 Å². The summed E-state index contributed by atoms with van der Waals surface area (Å²) in [4.78, 5) is 12.5. The molecule has 2 nitrogen and oxygen atoms in total. The van der Waals surface area contributed by atoms with Crippen LogP contribution in [0.4, 0.5) is 4.39 Å². The Kier molecular flexibility index (Phi) is 4.20. The normalized spacial score (nSPS) is 10.6. The van der Waals surface area contributed by atoms with E-state index in [2.05, 4.69) is 15.9 Å². The van der Waals surface area contributed by atoms with Crippen LogP contribution in [0.25, 0.3) is 0 Å². The molecule has 0 saturated heterocycles. The molecule has 0 unspecified atom stereocenters. The van der Waals surface area contributed by atoms with Crippen molar-refractivity contribution in [1.82, 2.24) is 4.57 Å². The van der Waals surface area contributed by atoms with Gasteiger partial charge in [-0.15, -0.1) is 0 Å². The number of carbonyl (C=O) groups is 1. The molecule has 0 atom stereocenters. The predicted molar refractivity (Wildman–Crippen MR) is 87.5 cm³/mol. The minimum atomic E-state index is -0.524. The standard InChI is InChI=1S/C18H13BrFNO/c19-15-12-21(11-13-7-3-1-4-8-13)18(20)16(15)17(22)14-9-5-2-6-10-14/h1-10,12H,11H2. The number of carbonyl (C=O) groups excluding carboxylic acids is 1. The smallest absolute Gasteiger partial charge is 0.206 e. The molecule has 22 heavy (non-hydrogen) atoms. The highest BCUT2D eigenvalue weighted by Gasteiger charge is 2.22. The van der Waals surface area contributed by atoms with Gasteiger partial charge >= 0.3 is 0 Å². The molecule has 0 fully saturated rings. The van der Waals surface area contributed by atoms with Crippen molar-refractivity contribution >= 4 is 21.7 Å². The SMILES string of the molecule is O=C(c1ccccc1)c1c(Br)cn(Cc2ccccc2)c1F. The Bertz CT molecular complexity index is 797. The van der Waals surface area contributed by atoms with Crippen molar-refractivity contribution < 1.29 is 9.18 Å². The minimum absolute atomic E-state index is 0.0714. The number of rotatable bonds is 4. The van der Waals surface area contributed by atoms with Gasteiger partial charge in [0.15, 0.2) is 5.78 Å². The number of hydrogen-bond donors (Lipinski definition) is 0. The van der Waals surface area contributed by atoms with Crippen LogP contribution in [0.2, 0.25) is 0 Å². The van der Waals surface area contributed by atoms with Gasteiger partial charge < -0.3 is 4.57 Å². The average molecular weight is 358 g/mol. The van der Waals surface area contributed by atoms with E-state index in [-0.39, 0.29) is 11.3 Å². The molecule has 0 aliphatic rings. The molecule has 110 valence electrons. The summed E-state index contributed by atoms with van der Waals surface area (Å²) in [7, 11) is 0. The van der Waals surface area contributed by atoms with Crippen molar-refractivity contribution in [3.05, 3.63) is 94.0 Å². The molecule has 0 spiro atoms. The molecule has 0 N–H and O–H groups in total. The Labute approximate surface area is 136 Å². The second kappa shape index (κ2) is 6.28. The first-order valence-corrected chi connectivity index (χ1v) is 7.64. The van der Waals surface area contributed by atoms with E-state index in [0.29, 0.717) is 16.6 Å². The maximum absolute atomic E-state index is 14.6. The van der Waals surface area contributed by atoms with Gasteiger partial charge in [0.25, 0.3) is 0 Å². The van der Waals surface area contributed by atoms with Crippen LogP contribution in [0.3, 0.4) is 0 Å². The van der Waals surface area contributed by atoms with Gasteiger partial charge in [0.2, 0.25) is 5.95 Å². The predicted octanol–water partition coefficient (Wildman–Crippen LogP) is 4.67. The number of aromatic nitrogens is 1. The second-order valence-corrected chi connectivity index (χ2v) is 5.81. The van der Waals surface area contributed by atoms with Crippen LogP contribution in [-0.2, 0) is 6.54 Å². The van der Waals surface area contributed by atoms with E-state index in [9.17, 15) is 9.18 Å². The molecule has 4 heteroatoms. The van der Waals surface area contributed by atoms with Gasteiger partial charge in [0.05, 0.1) is 5.56 Å². The molecule has 0 aliphatic heterocycles. The van der Waals surface area contributed by atoms with E-state index < -0.39 is 5.95 Å². The summed E-state index contributed by atoms with van der Waals surface area (Å²) in [6.45, 7) is 0.382. The van der Waals surface area contributed by atoms with Crippen molar-refractivity contribution in [2.45, 2.75) is 6.54 Å². The number of nitrogens with zero attached hydrogens (tertiary/aromatic N) is 1. The molecule has 0 aliphatic carbocycles. The molecule has 3 aromatic rings. The van der Waals surface area contributed by atoms with Crippen molar-refractivity contribution in [1.29, 1.82) is 0 Å². The molecule has 0 radical (unpaired) electrons. The van der Waals surface area contributed by atoms with Crippen LogP contribution < -0.4 is 0 Å². The second-order valence-electron chi connectivity index (χ2n) is 4.95. The van der Waals surface area contributed by atoms with Gasteiger partial charge in [-0.2, -0.15) is 4.39 Å². The highest BCUT2D eigenvalue weighted by Crippen LogP contribution is 2.25. The maximum Gasteiger partial charge on any atom is 0.206 e. The maximum atomic E-state index is 14.6. The summed E-state index contributed by atoms with van der Waals surface area (Å²) in [6.07, 6.45) is 1.61. The first-order valence-electron chi connectivity index (χ1n) is 6.84. The molecule has 0 saturated carbocycles. The van der Waals surface area contributed by atoms with E-state index in [1.165, 1.54) is 4.57 Å². The van der Waals surface area contributed by atoms with Crippen molar-refractivity contribution in [3.63, 3.8) is 0 Å². The minimum Gasteiger partial charge on any atom is -0.319 e. The van der Waals surface area contributed by atoms with E-state index in [1.54, 1.807) is 30.5 Å². The lowest BCUT2D eigenvalue weighted by Crippen LogP contribution is -2.07. The van der Waals surface area contributed by atoms with E-state index in [0.717, 1.165) is 5.56 Å². The summed E-state index contributed by atoms with van der Waals surface area (Å²) >= 11 is 3.30. The van der Waals surface area contributed by atoms with Crippen LogP contribution in [0.15, 0.2) is 71.3 Å². The highest BCUT2D eigenvalue weighted by atomic mass is 79.9.